The molecule has 0 saturated heterocycles. The fraction of sp³-hybridized carbons (Fsp3) is 0.231. The smallest absolute Gasteiger partial charge is 0.338 e. The van der Waals surface area contributed by atoms with E-state index in [0.717, 1.165) is 4.90 Å². The zero-order chi connectivity index (χ0) is 25.6. The highest BCUT2D eigenvalue weighted by atomic mass is 32.2. The summed E-state index contributed by atoms with van der Waals surface area (Å²) in [5.74, 6) is -0.825. The fourth-order valence-electron chi connectivity index (χ4n) is 3.54. The molecule has 0 unspecified atom stereocenters. The van der Waals surface area contributed by atoms with E-state index in [1.54, 1.807) is 87.5 Å². The quantitative estimate of drug-likeness (QED) is 0.306. The van der Waals surface area contributed by atoms with Gasteiger partial charge in [-0.05, 0) is 93.3 Å². The van der Waals surface area contributed by atoms with Crippen LogP contribution in [0.2, 0.25) is 0 Å². The molecular formula is C26H28N2O5S2. The van der Waals surface area contributed by atoms with Crippen LogP contribution in [0.5, 0.6) is 0 Å². The first kappa shape index (κ1) is 26.3. The van der Waals surface area contributed by atoms with Gasteiger partial charge in [-0.25, -0.2) is 13.2 Å². The van der Waals surface area contributed by atoms with Crippen LogP contribution in [0.1, 0.15) is 40.1 Å². The zero-order valence-electron chi connectivity index (χ0n) is 20.1. The second kappa shape index (κ2) is 11.4. The molecule has 1 amide bonds. The number of ether oxygens (including phenoxy) is 1. The van der Waals surface area contributed by atoms with Crippen molar-refractivity contribution in [2.45, 2.75) is 30.6 Å². The number of anilines is 2. The molecule has 0 aliphatic heterocycles. The lowest BCUT2D eigenvalue weighted by molar-refractivity contribution is 0.0525. The first-order chi connectivity index (χ1) is 16.7. The number of sulfonamides is 1. The number of rotatable bonds is 9. The molecule has 0 bridgehead atoms. The number of carbonyl (C=O) groups is 2. The topological polar surface area (TPSA) is 92.8 Å². The molecule has 3 aromatic carbocycles. The van der Waals surface area contributed by atoms with Gasteiger partial charge in [0.05, 0.1) is 22.8 Å². The number of hydrogen-bond acceptors (Lipinski definition) is 6. The molecule has 9 heteroatoms. The molecule has 0 aliphatic rings. The first-order valence-corrected chi connectivity index (χ1v) is 13.7. The van der Waals surface area contributed by atoms with Crippen LogP contribution in [0.25, 0.3) is 0 Å². The summed E-state index contributed by atoms with van der Waals surface area (Å²) < 4.78 is 32.8. The highest BCUT2D eigenvalue weighted by Crippen LogP contribution is 2.26. The molecule has 7 nitrogen and oxygen atoms in total. The van der Waals surface area contributed by atoms with Crippen LogP contribution in [0.4, 0.5) is 11.4 Å². The van der Waals surface area contributed by atoms with E-state index in [-0.39, 0.29) is 24.0 Å². The van der Waals surface area contributed by atoms with E-state index in [4.69, 9.17) is 4.74 Å². The number of amides is 1. The molecule has 0 heterocycles. The van der Waals surface area contributed by atoms with E-state index in [1.807, 2.05) is 6.26 Å². The molecule has 3 aromatic rings. The van der Waals surface area contributed by atoms with Crippen molar-refractivity contribution in [1.82, 2.24) is 0 Å². The van der Waals surface area contributed by atoms with Crippen LogP contribution in [0.15, 0.2) is 76.5 Å². The summed E-state index contributed by atoms with van der Waals surface area (Å²) in [4.78, 5) is 26.2. The summed E-state index contributed by atoms with van der Waals surface area (Å²) >= 11 is 1.54. The molecule has 3 rings (SSSR count). The van der Waals surface area contributed by atoms with Crippen molar-refractivity contribution in [2.75, 3.05) is 29.0 Å². The lowest BCUT2D eigenvalue weighted by Gasteiger charge is -2.23. The molecule has 0 aromatic heterocycles. The predicted molar refractivity (Wildman–Crippen MR) is 140 cm³/mol. The van der Waals surface area contributed by atoms with E-state index >= 15 is 0 Å². The van der Waals surface area contributed by atoms with Crippen molar-refractivity contribution in [3.63, 3.8) is 0 Å². The monoisotopic (exact) mass is 512 g/mol. The third-order valence-corrected chi connectivity index (χ3v) is 8.09. The maximum atomic E-state index is 13.2. The summed E-state index contributed by atoms with van der Waals surface area (Å²) in [6.45, 7) is 5.72. The lowest BCUT2D eigenvalue weighted by Crippen LogP contribution is -2.30. The Labute approximate surface area is 210 Å². The summed E-state index contributed by atoms with van der Waals surface area (Å²) in [7, 11) is -3.75. The van der Waals surface area contributed by atoms with E-state index in [1.165, 1.54) is 16.1 Å². The summed E-state index contributed by atoms with van der Waals surface area (Å²) in [6, 6.07) is 18.1. The lowest BCUT2D eigenvalue weighted by atomic mass is 10.1. The van der Waals surface area contributed by atoms with Crippen LogP contribution in [-0.2, 0) is 14.8 Å². The van der Waals surface area contributed by atoms with Gasteiger partial charge in [0, 0.05) is 22.7 Å². The van der Waals surface area contributed by atoms with Gasteiger partial charge in [-0.1, -0.05) is 6.07 Å². The highest BCUT2D eigenvalue weighted by Gasteiger charge is 2.24. The van der Waals surface area contributed by atoms with Crippen molar-refractivity contribution in [1.29, 1.82) is 0 Å². The van der Waals surface area contributed by atoms with Gasteiger partial charge in [-0.3, -0.25) is 9.10 Å². The molecule has 0 saturated carbocycles. The summed E-state index contributed by atoms with van der Waals surface area (Å²) in [5.41, 5.74) is 2.29. The Morgan fingerprint density at radius 3 is 2.20 bits per heavy atom. The standard InChI is InChI=1S/C26H28N2O5S2/c1-5-28(35(31,32)22-16-14-21(34-4)15-17-22)20-12-10-19(11-13-20)25(29)27-24-9-7-8-23(18(24)3)26(30)33-6-2/h7-17H,5-6H2,1-4H3,(H,27,29). The molecule has 35 heavy (non-hydrogen) atoms. The minimum atomic E-state index is -3.75. The average Bonchev–Trinajstić information content (AvgIpc) is 2.86. The second-order valence-electron chi connectivity index (χ2n) is 7.54. The number of nitrogens with zero attached hydrogens (tertiary/aromatic N) is 1. The van der Waals surface area contributed by atoms with Gasteiger partial charge < -0.3 is 10.1 Å². The van der Waals surface area contributed by atoms with Crippen molar-refractivity contribution in [3.8, 4) is 0 Å². The largest absolute Gasteiger partial charge is 0.462 e. The number of thioether (sulfide) groups is 1. The fourth-order valence-corrected chi connectivity index (χ4v) is 5.42. The summed E-state index contributed by atoms with van der Waals surface area (Å²) in [5, 5.41) is 2.81. The number of hydrogen-bond donors (Lipinski definition) is 1. The third kappa shape index (κ3) is 5.86. The highest BCUT2D eigenvalue weighted by molar-refractivity contribution is 7.98. The van der Waals surface area contributed by atoms with Crippen molar-refractivity contribution in [2.24, 2.45) is 0 Å². The maximum Gasteiger partial charge on any atom is 0.338 e. The number of carbonyl (C=O) groups excluding carboxylic acids is 2. The van der Waals surface area contributed by atoms with Crippen molar-refractivity contribution < 1.29 is 22.7 Å². The van der Waals surface area contributed by atoms with E-state index in [2.05, 4.69) is 5.32 Å². The molecule has 1 N–H and O–H groups in total. The maximum absolute atomic E-state index is 13.2. The Hall–Kier alpha value is -3.30. The average molecular weight is 513 g/mol. The van der Waals surface area contributed by atoms with Gasteiger partial charge in [0.2, 0.25) is 0 Å². The minimum absolute atomic E-state index is 0.205. The molecule has 0 fully saturated rings. The van der Waals surface area contributed by atoms with Gasteiger partial charge in [0.1, 0.15) is 0 Å². The van der Waals surface area contributed by atoms with Crippen LogP contribution in [-0.4, -0.2) is 39.7 Å². The van der Waals surface area contributed by atoms with Gasteiger partial charge in [0.25, 0.3) is 15.9 Å². The Morgan fingerprint density at radius 2 is 1.63 bits per heavy atom. The van der Waals surface area contributed by atoms with Crippen LogP contribution >= 0.6 is 11.8 Å². The van der Waals surface area contributed by atoms with Gasteiger partial charge in [-0.2, -0.15) is 0 Å². The minimum Gasteiger partial charge on any atom is -0.462 e. The summed E-state index contributed by atoms with van der Waals surface area (Å²) in [6.07, 6.45) is 1.93. The Bertz CT molecular complexity index is 1300. The Kier molecular flexibility index (Phi) is 8.58. The van der Waals surface area contributed by atoms with Gasteiger partial charge in [0.15, 0.2) is 0 Å². The van der Waals surface area contributed by atoms with Crippen LogP contribution in [0, 0.1) is 6.92 Å². The molecular weight excluding hydrogens is 484 g/mol. The predicted octanol–water partition coefficient (Wildman–Crippen LogP) is 5.36. The van der Waals surface area contributed by atoms with E-state index < -0.39 is 16.0 Å². The van der Waals surface area contributed by atoms with E-state index in [9.17, 15) is 18.0 Å². The van der Waals surface area contributed by atoms with Gasteiger partial charge in [-0.15, -0.1) is 11.8 Å². The van der Waals surface area contributed by atoms with Crippen molar-refractivity contribution in [3.05, 3.63) is 83.4 Å². The number of nitrogens with one attached hydrogen (secondary N) is 1. The van der Waals surface area contributed by atoms with E-state index in [0.29, 0.717) is 28.1 Å². The number of esters is 1. The molecule has 0 atom stereocenters. The third-order valence-electron chi connectivity index (χ3n) is 5.43. The van der Waals surface area contributed by atoms with Crippen molar-refractivity contribution >= 4 is 45.0 Å². The Balaban J connectivity index is 1.81. The van der Waals surface area contributed by atoms with Crippen LogP contribution < -0.4 is 9.62 Å². The molecule has 0 spiro atoms. The molecule has 184 valence electrons. The molecule has 0 aliphatic carbocycles. The number of benzene rings is 3. The van der Waals surface area contributed by atoms with Gasteiger partial charge >= 0.3 is 5.97 Å². The van der Waals surface area contributed by atoms with Crippen LogP contribution in [0.3, 0.4) is 0 Å². The zero-order valence-corrected chi connectivity index (χ0v) is 21.7. The second-order valence-corrected chi connectivity index (χ2v) is 10.3. The SMILES string of the molecule is CCOC(=O)c1cccc(NC(=O)c2ccc(N(CC)S(=O)(=O)c3ccc(SC)cc3)cc2)c1C. The first-order valence-electron chi connectivity index (χ1n) is 11.1. The molecule has 0 radical (unpaired) electrons. The Morgan fingerprint density at radius 1 is 0.971 bits per heavy atom. The normalized spacial score (nSPS) is 11.1.